The average Bonchev–Trinajstić information content (AvgIpc) is 2.87. The monoisotopic (exact) mass is 465 g/mol. The van der Waals surface area contributed by atoms with Crippen LogP contribution in [0.4, 0.5) is 0 Å². The molecule has 3 aromatic rings. The second-order valence-electron chi connectivity index (χ2n) is 10.2. The second kappa shape index (κ2) is 10.7. The van der Waals surface area contributed by atoms with Gasteiger partial charge in [0.15, 0.2) is 0 Å². The fourth-order valence-electron chi connectivity index (χ4n) is 5.13. The first kappa shape index (κ1) is 24.4. The van der Waals surface area contributed by atoms with Gasteiger partial charge in [0.2, 0.25) is 0 Å². The highest BCUT2D eigenvalue weighted by atomic mass is 31.2. The van der Waals surface area contributed by atoms with Crippen LogP contribution in [0.15, 0.2) is 126 Å². The number of benzene rings is 3. The molecule has 0 aliphatic heterocycles. The maximum atomic E-state index is 2.47. The Kier molecular flexibility index (Phi) is 7.70. The van der Waals surface area contributed by atoms with E-state index in [9.17, 15) is 0 Å². The van der Waals surface area contributed by atoms with E-state index in [1.54, 1.807) is 5.57 Å². The van der Waals surface area contributed by atoms with Crippen LogP contribution in [0.2, 0.25) is 0 Å². The third kappa shape index (κ3) is 5.18. The highest BCUT2D eigenvalue weighted by molar-refractivity contribution is 7.95. The Morgan fingerprint density at radius 3 is 1.74 bits per heavy atom. The molecule has 0 N–H and O–H groups in total. The summed E-state index contributed by atoms with van der Waals surface area (Å²) >= 11 is 0. The van der Waals surface area contributed by atoms with Crippen LogP contribution in [-0.4, -0.2) is 6.16 Å². The maximum Gasteiger partial charge on any atom is 0.115 e. The molecule has 1 heteroatoms. The Balaban J connectivity index is 1.76. The number of allylic oxidation sites excluding steroid dienone is 6. The smallest absolute Gasteiger partial charge is 0.0645 e. The third-order valence-corrected chi connectivity index (χ3v) is 11.8. The van der Waals surface area contributed by atoms with Crippen LogP contribution in [0, 0.1) is 5.41 Å². The summed E-state index contributed by atoms with van der Waals surface area (Å²) in [6.07, 6.45) is 12.0. The van der Waals surface area contributed by atoms with Crippen LogP contribution in [0.5, 0.6) is 0 Å². The van der Waals surface area contributed by atoms with Crippen molar-refractivity contribution in [2.75, 3.05) is 6.16 Å². The summed E-state index contributed by atoms with van der Waals surface area (Å²) in [5.74, 6) is 0. The maximum absolute atomic E-state index is 2.47. The fourth-order valence-corrected chi connectivity index (χ4v) is 9.26. The second-order valence-corrected chi connectivity index (χ2v) is 13.7. The summed E-state index contributed by atoms with van der Waals surface area (Å²) in [5, 5.41) is 4.31. The van der Waals surface area contributed by atoms with Gasteiger partial charge in [-0.3, -0.25) is 0 Å². The van der Waals surface area contributed by atoms with E-state index in [4.69, 9.17) is 0 Å². The normalized spacial score (nSPS) is 16.8. The zero-order valence-electron chi connectivity index (χ0n) is 21.2. The van der Waals surface area contributed by atoms with Gasteiger partial charge in [0.1, 0.15) is 23.2 Å². The highest BCUT2D eigenvalue weighted by Gasteiger charge is 2.44. The largest absolute Gasteiger partial charge is 0.115 e. The Morgan fingerprint density at radius 1 is 0.794 bits per heavy atom. The van der Waals surface area contributed by atoms with Gasteiger partial charge in [-0.1, -0.05) is 91.7 Å². The molecule has 0 saturated heterocycles. The molecule has 0 bridgehead atoms. The van der Waals surface area contributed by atoms with Gasteiger partial charge in [0.25, 0.3) is 0 Å². The molecule has 0 unspecified atom stereocenters. The SMILES string of the molecule is CC(C=CC1=C(C)C(C)(C)CCC1)=CC[P+](c1ccccc1)(c1ccccc1)c1ccccc1. The Hall–Kier alpha value is -2.69. The molecule has 34 heavy (non-hydrogen) atoms. The number of hydrogen-bond acceptors (Lipinski definition) is 0. The van der Waals surface area contributed by atoms with Crippen LogP contribution in [0.25, 0.3) is 0 Å². The molecule has 1 aliphatic carbocycles. The number of hydrogen-bond donors (Lipinski definition) is 0. The zero-order chi connectivity index (χ0) is 24.0. The fraction of sp³-hybridized carbons (Fsp3) is 0.273. The standard InChI is InChI=1S/C33H38P/c1-27(22-23-29-15-14-25-33(3,4)28(29)2)24-26-34(30-16-8-5-9-17-30,31-18-10-6-11-19-31)32-20-12-7-13-21-32/h5-13,16-24H,14-15,25-26H2,1-4H3/q+1. The molecular weight excluding hydrogens is 427 g/mol. The molecule has 0 fully saturated rings. The average molecular weight is 466 g/mol. The molecule has 4 rings (SSSR count). The summed E-state index contributed by atoms with van der Waals surface area (Å²) in [5.41, 5.74) is 4.75. The van der Waals surface area contributed by atoms with Gasteiger partial charge in [0.05, 0.1) is 6.16 Å². The van der Waals surface area contributed by atoms with Crippen LogP contribution in [0.3, 0.4) is 0 Å². The van der Waals surface area contributed by atoms with Crippen molar-refractivity contribution in [2.45, 2.75) is 47.0 Å². The highest BCUT2D eigenvalue weighted by Crippen LogP contribution is 2.55. The minimum Gasteiger partial charge on any atom is -0.0645 e. The Bertz CT molecular complexity index is 1070. The summed E-state index contributed by atoms with van der Waals surface area (Å²) < 4.78 is 0. The quantitative estimate of drug-likeness (QED) is 0.245. The molecular formula is C33H38P+. The lowest BCUT2D eigenvalue weighted by Crippen LogP contribution is -2.33. The summed E-state index contributed by atoms with van der Waals surface area (Å²) in [7, 11) is -1.82. The summed E-state index contributed by atoms with van der Waals surface area (Å²) in [4.78, 5) is 0. The molecule has 0 spiro atoms. The van der Waals surface area contributed by atoms with Gasteiger partial charge in [-0.15, -0.1) is 0 Å². The van der Waals surface area contributed by atoms with E-state index in [2.05, 4.69) is 137 Å². The van der Waals surface area contributed by atoms with Gasteiger partial charge >= 0.3 is 0 Å². The zero-order valence-corrected chi connectivity index (χ0v) is 22.1. The molecule has 0 heterocycles. The summed E-state index contributed by atoms with van der Waals surface area (Å²) in [6.45, 7) is 9.36. The molecule has 0 radical (unpaired) electrons. The van der Waals surface area contributed by atoms with E-state index in [0.717, 1.165) is 6.16 Å². The van der Waals surface area contributed by atoms with Gasteiger partial charge in [-0.2, -0.15) is 0 Å². The first-order valence-corrected chi connectivity index (χ1v) is 14.5. The van der Waals surface area contributed by atoms with Crippen molar-refractivity contribution < 1.29 is 0 Å². The van der Waals surface area contributed by atoms with Crippen LogP contribution < -0.4 is 15.9 Å². The van der Waals surface area contributed by atoms with Crippen molar-refractivity contribution in [2.24, 2.45) is 5.41 Å². The lowest BCUT2D eigenvalue weighted by Gasteiger charge is -2.32. The van der Waals surface area contributed by atoms with Crippen LogP contribution in [-0.2, 0) is 0 Å². The number of rotatable bonds is 7. The van der Waals surface area contributed by atoms with Gasteiger partial charge in [0, 0.05) is 0 Å². The molecule has 0 aromatic heterocycles. The van der Waals surface area contributed by atoms with Crippen molar-refractivity contribution in [1.29, 1.82) is 0 Å². The lowest BCUT2D eigenvalue weighted by atomic mass is 9.73. The minimum atomic E-state index is -1.82. The molecule has 0 amide bonds. The first-order chi connectivity index (χ1) is 16.4. The van der Waals surface area contributed by atoms with Gasteiger partial charge < -0.3 is 0 Å². The van der Waals surface area contributed by atoms with Crippen molar-refractivity contribution in [3.63, 3.8) is 0 Å². The molecule has 174 valence electrons. The van der Waals surface area contributed by atoms with E-state index < -0.39 is 7.26 Å². The molecule has 1 aliphatic rings. The Labute approximate surface area is 207 Å². The van der Waals surface area contributed by atoms with Crippen LogP contribution in [0.1, 0.15) is 47.0 Å². The van der Waals surface area contributed by atoms with E-state index in [-0.39, 0.29) is 0 Å². The van der Waals surface area contributed by atoms with E-state index in [1.165, 1.54) is 46.3 Å². The van der Waals surface area contributed by atoms with Crippen molar-refractivity contribution >= 4 is 23.2 Å². The minimum absolute atomic E-state index is 0.324. The van der Waals surface area contributed by atoms with E-state index in [0.29, 0.717) is 5.41 Å². The van der Waals surface area contributed by atoms with E-state index >= 15 is 0 Å². The van der Waals surface area contributed by atoms with Gasteiger partial charge in [-0.05, 0) is 86.6 Å². The van der Waals surface area contributed by atoms with Crippen molar-refractivity contribution in [3.05, 3.63) is 126 Å². The molecule has 0 atom stereocenters. The van der Waals surface area contributed by atoms with Crippen LogP contribution >= 0.6 is 7.26 Å². The van der Waals surface area contributed by atoms with Crippen molar-refractivity contribution in [1.82, 2.24) is 0 Å². The van der Waals surface area contributed by atoms with E-state index in [1.807, 2.05) is 0 Å². The van der Waals surface area contributed by atoms with Crippen molar-refractivity contribution in [3.8, 4) is 0 Å². The predicted octanol–water partition coefficient (Wildman–Crippen LogP) is 8.01. The molecule has 3 aromatic carbocycles. The first-order valence-electron chi connectivity index (χ1n) is 12.5. The summed E-state index contributed by atoms with van der Waals surface area (Å²) in [6, 6.07) is 33.4. The van der Waals surface area contributed by atoms with Gasteiger partial charge in [-0.25, -0.2) is 0 Å². The molecule has 0 saturated carbocycles. The molecule has 0 nitrogen and oxygen atoms in total. The topological polar surface area (TPSA) is 0 Å². The Morgan fingerprint density at radius 2 is 1.26 bits per heavy atom. The third-order valence-electron chi connectivity index (χ3n) is 7.57. The predicted molar refractivity (Wildman–Crippen MR) is 153 cm³/mol. The lowest BCUT2D eigenvalue weighted by molar-refractivity contribution is 0.370.